The van der Waals surface area contributed by atoms with E-state index in [0.29, 0.717) is 10.2 Å². The Bertz CT molecular complexity index is 617. The molecule has 1 heterocycles. The molecule has 0 aliphatic heterocycles. The van der Waals surface area contributed by atoms with Gasteiger partial charge in [-0.2, -0.15) is 13.2 Å². The number of halogens is 5. The molecule has 2 rings (SSSR count). The molecule has 1 aromatic heterocycles. The van der Waals surface area contributed by atoms with E-state index in [2.05, 4.69) is 36.8 Å². The van der Waals surface area contributed by atoms with Crippen LogP contribution in [0, 0.1) is 0 Å². The summed E-state index contributed by atoms with van der Waals surface area (Å²) in [5.74, 6) is 0.473. The standard InChI is InChI=1S/C13H8Br2F3NO/c14-5-8-1-2-10(4-12(8)13(16,17)18)20-11-3-9(15)6-19-7-11/h1-4,6-7H,5H2. The minimum atomic E-state index is -4.42. The highest BCUT2D eigenvalue weighted by Crippen LogP contribution is 2.36. The lowest BCUT2D eigenvalue weighted by molar-refractivity contribution is -0.138. The molecule has 0 unspecified atom stereocenters. The number of ether oxygens (including phenoxy) is 1. The molecule has 2 nitrogen and oxygen atoms in total. The maximum Gasteiger partial charge on any atom is 0.416 e. The lowest BCUT2D eigenvalue weighted by atomic mass is 10.1. The summed E-state index contributed by atoms with van der Waals surface area (Å²) in [6.45, 7) is 0. The number of aromatic nitrogens is 1. The SMILES string of the molecule is FC(F)(F)c1cc(Oc2cncc(Br)c2)ccc1CBr. The van der Waals surface area contributed by atoms with Crippen molar-refractivity contribution >= 4 is 31.9 Å². The second-order valence-electron chi connectivity index (χ2n) is 3.89. The summed E-state index contributed by atoms with van der Waals surface area (Å²) in [4.78, 5) is 3.88. The van der Waals surface area contributed by atoms with Crippen LogP contribution in [0.15, 0.2) is 41.1 Å². The molecule has 0 atom stereocenters. The van der Waals surface area contributed by atoms with Gasteiger partial charge in [-0.05, 0) is 39.7 Å². The van der Waals surface area contributed by atoms with Gasteiger partial charge in [-0.15, -0.1) is 0 Å². The predicted molar refractivity (Wildman–Crippen MR) is 76.1 cm³/mol. The van der Waals surface area contributed by atoms with E-state index in [-0.39, 0.29) is 16.6 Å². The quantitative estimate of drug-likeness (QED) is 0.619. The number of hydrogen-bond acceptors (Lipinski definition) is 2. The summed E-state index contributed by atoms with van der Waals surface area (Å²) in [5, 5.41) is 0.126. The maximum absolute atomic E-state index is 12.9. The Balaban J connectivity index is 2.34. The van der Waals surface area contributed by atoms with Gasteiger partial charge >= 0.3 is 6.18 Å². The third-order valence-electron chi connectivity index (χ3n) is 2.45. The molecule has 2 aromatic rings. The number of benzene rings is 1. The van der Waals surface area contributed by atoms with Crippen molar-refractivity contribution in [2.24, 2.45) is 0 Å². The van der Waals surface area contributed by atoms with Gasteiger partial charge in [-0.25, -0.2) is 0 Å². The normalized spacial score (nSPS) is 11.4. The highest BCUT2D eigenvalue weighted by molar-refractivity contribution is 9.10. The van der Waals surface area contributed by atoms with E-state index < -0.39 is 11.7 Å². The van der Waals surface area contributed by atoms with Crippen LogP contribution in [0.1, 0.15) is 11.1 Å². The summed E-state index contributed by atoms with van der Waals surface area (Å²) < 4.78 is 44.8. The smallest absolute Gasteiger partial charge is 0.416 e. The molecule has 0 aliphatic carbocycles. The molecular formula is C13H8Br2F3NO. The lowest BCUT2D eigenvalue weighted by Gasteiger charge is -2.13. The topological polar surface area (TPSA) is 22.1 Å². The first kappa shape index (κ1) is 15.3. The second-order valence-corrected chi connectivity index (χ2v) is 5.37. The zero-order valence-electron chi connectivity index (χ0n) is 9.92. The highest BCUT2D eigenvalue weighted by Gasteiger charge is 2.33. The van der Waals surface area contributed by atoms with Crippen LogP contribution in [0.25, 0.3) is 0 Å². The van der Waals surface area contributed by atoms with Crippen LogP contribution in [0.3, 0.4) is 0 Å². The number of nitrogens with zero attached hydrogens (tertiary/aromatic N) is 1. The van der Waals surface area contributed by atoms with E-state index in [1.54, 1.807) is 12.3 Å². The number of alkyl halides is 4. The van der Waals surface area contributed by atoms with Crippen LogP contribution in [0.2, 0.25) is 0 Å². The maximum atomic E-state index is 12.9. The van der Waals surface area contributed by atoms with Gasteiger partial charge in [0.05, 0.1) is 11.8 Å². The molecule has 0 fully saturated rings. The summed E-state index contributed by atoms with van der Waals surface area (Å²) in [5.41, 5.74) is -0.549. The van der Waals surface area contributed by atoms with Gasteiger partial charge in [-0.1, -0.05) is 22.0 Å². The van der Waals surface area contributed by atoms with Crippen molar-refractivity contribution < 1.29 is 17.9 Å². The first-order valence-corrected chi connectivity index (χ1v) is 7.36. The second kappa shape index (κ2) is 6.13. The Morgan fingerprint density at radius 3 is 2.45 bits per heavy atom. The van der Waals surface area contributed by atoms with E-state index in [9.17, 15) is 13.2 Å². The van der Waals surface area contributed by atoms with Crippen molar-refractivity contribution in [3.8, 4) is 11.5 Å². The van der Waals surface area contributed by atoms with Crippen LogP contribution < -0.4 is 4.74 Å². The Hall–Kier alpha value is -1.08. The molecule has 0 saturated carbocycles. The highest BCUT2D eigenvalue weighted by atomic mass is 79.9. The Kier molecular flexibility index (Phi) is 4.70. The van der Waals surface area contributed by atoms with E-state index >= 15 is 0 Å². The largest absolute Gasteiger partial charge is 0.456 e. The van der Waals surface area contributed by atoms with Gasteiger partial charge in [0.15, 0.2) is 0 Å². The lowest BCUT2D eigenvalue weighted by Crippen LogP contribution is -2.08. The molecule has 0 saturated heterocycles. The summed E-state index contributed by atoms with van der Waals surface area (Å²) in [6, 6.07) is 5.49. The molecule has 0 amide bonds. The minimum Gasteiger partial charge on any atom is -0.456 e. The van der Waals surface area contributed by atoms with Gasteiger partial charge in [0.1, 0.15) is 11.5 Å². The average Bonchev–Trinajstić information content (AvgIpc) is 2.37. The van der Waals surface area contributed by atoms with E-state index in [1.807, 2.05) is 0 Å². The fourth-order valence-corrected chi connectivity index (χ4v) is 2.42. The number of hydrogen-bond donors (Lipinski definition) is 0. The molecule has 0 spiro atoms. The van der Waals surface area contributed by atoms with E-state index in [0.717, 1.165) is 6.07 Å². The van der Waals surface area contributed by atoms with Crippen LogP contribution in [-0.2, 0) is 11.5 Å². The summed E-state index contributed by atoms with van der Waals surface area (Å²) >= 11 is 6.26. The Labute approximate surface area is 130 Å². The molecule has 1 aromatic carbocycles. The van der Waals surface area contributed by atoms with Gasteiger partial charge in [0.25, 0.3) is 0 Å². The van der Waals surface area contributed by atoms with E-state index in [4.69, 9.17) is 4.74 Å². The van der Waals surface area contributed by atoms with Gasteiger partial charge in [0, 0.05) is 16.0 Å². The van der Waals surface area contributed by atoms with Crippen LogP contribution >= 0.6 is 31.9 Å². The third kappa shape index (κ3) is 3.73. The van der Waals surface area contributed by atoms with Crippen molar-refractivity contribution in [3.05, 3.63) is 52.3 Å². The first-order valence-electron chi connectivity index (χ1n) is 5.44. The fraction of sp³-hybridized carbons (Fsp3) is 0.154. The minimum absolute atomic E-state index is 0.113. The van der Waals surface area contributed by atoms with Gasteiger partial charge < -0.3 is 4.74 Å². The molecule has 20 heavy (non-hydrogen) atoms. The van der Waals surface area contributed by atoms with Crippen LogP contribution in [0.4, 0.5) is 13.2 Å². The first-order chi connectivity index (χ1) is 9.40. The molecule has 0 N–H and O–H groups in total. The zero-order chi connectivity index (χ0) is 14.8. The molecular weight excluding hydrogens is 403 g/mol. The Morgan fingerprint density at radius 2 is 1.85 bits per heavy atom. The van der Waals surface area contributed by atoms with Crippen molar-refractivity contribution in [2.45, 2.75) is 11.5 Å². The number of pyridine rings is 1. The van der Waals surface area contributed by atoms with Gasteiger partial charge in [0.2, 0.25) is 0 Å². The summed E-state index contributed by atoms with van der Waals surface area (Å²) in [6.07, 6.45) is -1.43. The molecule has 106 valence electrons. The van der Waals surface area contributed by atoms with Crippen LogP contribution in [0.5, 0.6) is 11.5 Å². The fourth-order valence-electron chi connectivity index (χ4n) is 1.58. The van der Waals surface area contributed by atoms with E-state index in [1.165, 1.54) is 18.3 Å². The van der Waals surface area contributed by atoms with Crippen LogP contribution in [-0.4, -0.2) is 4.98 Å². The Morgan fingerprint density at radius 1 is 1.10 bits per heavy atom. The molecule has 0 bridgehead atoms. The average molecular weight is 411 g/mol. The summed E-state index contributed by atoms with van der Waals surface area (Å²) in [7, 11) is 0. The zero-order valence-corrected chi connectivity index (χ0v) is 13.1. The predicted octanol–water partition coefficient (Wildman–Crippen LogP) is 5.55. The third-order valence-corrected chi connectivity index (χ3v) is 3.48. The monoisotopic (exact) mass is 409 g/mol. The molecule has 0 radical (unpaired) electrons. The molecule has 0 aliphatic rings. The van der Waals surface area contributed by atoms with Crippen molar-refractivity contribution in [3.63, 3.8) is 0 Å². The van der Waals surface area contributed by atoms with Gasteiger partial charge in [-0.3, -0.25) is 4.98 Å². The number of rotatable bonds is 3. The van der Waals surface area contributed by atoms with Crippen molar-refractivity contribution in [1.29, 1.82) is 0 Å². The molecule has 7 heteroatoms. The van der Waals surface area contributed by atoms with Crippen molar-refractivity contribution in [2.75, 3.05) is 0 Å². The van der Waals surface area contributed by atoms with Crippen molar-refractivity contribution in [1.82, 2.24) is 4.98 Å².